The van der Waals surface area contributed by atoms with Crippen LogP contribution in [-0.2, 0) is 39.9 Å². The Kier molecular flexibility index (Phi) is 8.20. The summed E-state index contributed by atoms with van der Waals surface area (Å²) in [6.45, 7) is 4.79. The van der Waals surface area contributed by atoms with Crippen molar-refractivity contribution in [2.45, 2.75) is 58.5 Å². The lowest BCUT2D eigenvalue weighted by Crippen LogP contribution is -2.46. The lowest BCUT2D eigenvalue weighted by Gasteiger charge is -2.32. The van der Waals surface area contributed by atoms with Crippen LogP contribution in [-0.4, -0.2) is 42.4 Å². The average molecular weight is 421 g/mol. The number of amides is 1. The van der Waals surface area contributed by atoms with Crippen molar-refractivity contribution in [3.8, 4) is 0 Å². The third-order valence-corrected chi connectivity index (χ3v) is 4.32. The number of rotatable bonds is 9. The summed E-state index contributed by atoms with van der Waals surface area (Å²) < 4.78 is 20.3. The molecule has 1 aliphatic heterocycles. The maximum atomic E-state index is 12.5. The molecule has 1 saturated heterocycles. The first-order valence-electron chi connectivity index (χ1n) is 9.81. The minimum atomic E-state index is -1.29. The van der Waals surface area contributed by atoms with E-state index in [-0.39, 0.29) is 32.5 Å². The highest BCUT2D eigenvalue weighted by atomic mass is 16.7. The largest absolute Gasteiger partial charge is 0.459 e. The van der Waals surface area contributed by atoms with Gasteiger partial charge in [0.1, 0.15) is 12.6 Å². The highest BCUT2D eigenvalue weighted by Crippen LogP contribution is 2.26. The van der Waals surface area contributed by atoms with Crippen LogP contribution >= 0.6 is 0 Å². The summed E-state index contributed by atoms with van der Waals surface area (Å²) in [5.41, 5.74) is 0.802. The summed E-state index contributed by atoms with van der Waals surface area (Å²) in [7, 11) is 0. The van der Waals surface area contributed by atoms with Crippen LogP contribution in [0.25, 0.3) is 0 Å². The molecule has 0 radical (unpaired) electrons. The third kappa shape index (κ3) is 7.06. The Bertz CT molecular complexity index is 742. The van der Waals surface area contributed by atoms with Gasteiger partial charge in [0, 0.05) is 13.8 Å². The normalized spacial score (nSPS) is 16.8. The van der Waals surface area contributed by atoms with Gasteiger partial charge in [0.15, 0.2) is 5.92 Å². The molecule has 1 N–H and O–H groups in total. The number of hydrogen-bond donors (Lipinski definition) is 1. The van der Waals surface area contributed by atoms with Crippen molar-refractivity contribution in [3.05, 3.63) is 35.9 Å². The Labute approximate surface area is 175 Å². The monoisotopic (exact) mass is 421 g/mol. The maximum absolute atomic E-state index is 12.5. The lowest BCUT2D eigenvalue weighted by atomic mass is 9.98. The Morgan fingerprint density at radius 3 is 2.33 bits per heavy atom. The van der Waals surface area contributed by atoms with Crippen molar-refractivity contribution in [3.63, 3.8) is 0 Å². The van der Waals surface area contributed by atoms with E-state index in [9.17, 15) is 19.2 Å². The minimum Gasteiger partial charge on any atom is -0.459 e. The molecule has 30 heavy (non-hydrogen) atoms. The number of benzene rings is 1. The van der Waals surface area contributed by atoms with Gasteiger partial charge < -0.3 is 24.3 Å². The standard InChI is InChI=1S/C21H27NO8/c1-4-27-20(26)22-16(19(25)28-13-14-9-6-5-7-10-14)12-8-11-15-17(23)29-21(2,3)30-18(15)24/h5-7,9-10,15-16H,4,8,11-13H2,1-3H3,(H,22,26)/t16-/m0/s1. The molecule has 0 bridgehead atoms. The lowest BCUT2D eigenvalue weighted by molar-refractivity contribution is -0.240. The number of hydrogen-bond acceptors (Lipinski definition) is 8. The molecule has 1 amide bonds. The third-order valence-electron chi connectivity index (χ3n) is 4.32. The average Bonchev–Trinajstić information content (AvgIpc) is 2.67. The fourth-order valence-electron chi connectivity index (χ4n) is 2.90. The molecule has 1 fully saturated rings. The van der Waals surface area contributed by atoms with Gasteiger partial charge in [-0.1, -0.05) is 30.3 Å². The Morgan fingerprint density at radius 2 is 1.73 bits per heavy atom. The Balaban J connectivity index is 1.92. The zero-order chi connectivity index (χ0) is 22.1. The summed E-state index contributed by atoms with van der Waals surface area (Å²) in [4.78, 5) is 48.4. The highest BCUT2D eigenvalue weighted by Gasteiger charge is 2.42. The smallest absolute Gasteiger partial charge is 0.407 e. The van der Waals surface area contributed by atoms with Crippen LogP contribution in [0.3, 0.4) is 0 Å². The van der Waals surface area contributed by atoms with E-state index in [1.165, 1.54) is 13.8 Å². The van der Waals surface area contributed by atoms with Gasteiger partial charge in [0.05, 0.1) is 6.61 Å². The first-order chi connectivity index (χ1) is 14.2. The second-order valence-electron chi connectivity index (χ2n) is 7.24. The molecule has 9 nitrogen and oxygen atoms in total. The van der Waals surface area contributed by atoms with Crippen molar-refractivity contribution in [1.82, 2.24) is 5.32 Å². The number of nitrogens with one attached hydrogen (secondary N) is 1. The molecule has 1 aromatic rings. The molecule has 2 rings (SSSR count). The summed E-state index contributed by atoms with van der Waals surface area (Å²) in [5.74, 6) is -4.33. The molecule has 1 atom stereocenters. The topological polar surface area (TPSA) is 117 Å². The molecule has 9 heteroatoms. The first-order valence-corrected chi connectivity index (χ1v) is 9.81. The van der Waals surface area contributed by atoms with Crippen LogP contribution < -0.4 is 5.32 Å². The Hall–Kier alpha value is -3.10. The predicted molar refractivity (Wildman–Crippen MR) is 104 cm³/mol. The van der Waals surface area contributed by atoms with E-state index < -0.39 is 41.7 Å². The second kappa shape index (κ2) is 10.6. The molecule has 0 aromatic heterocycles. The molecule has 0 spiro atoms. The first kappa shape index (κ1) is 23.2. The van der Waals surface area contributed by atoms with E-state index >= 15 is 0 Å². The zero-order valence-electron chi connectivity index (χ0n) is 17.3. The van der Waals surface area contributed by atoms with Crippen molar-refractivity contribution < 1.29 is 38.1 Å². The molecule has 164 valence electrons. The van der Waals surface area contributed by atoms with E-state index in [1.807, 2.05) is 30.3 Å². The van der Waals surface area contributed by atoms with Crippen LogP contribution in [0, 0.1) is 5.92 Å². The van der Waals surface area contributed by atoms with Crippen molar-refractivity contribution in [1.29, 1.82) is 0 Å². The van der Waals surface area contributed by atoms with Crippen molar-refractivity contribution in [2.75, 3.05) is 6.61 Å². The van der Waals surface area contributed by atoms with Gasteiger partial charge in [0.25, 0.3) is 5.79 Å². The van der Waals surface area contributed by atoms with Crippen LogP contribution in [0.1, 0.15) is 45.6 Å². The minimum absolute atomic E-state index is 0.0526. The van der Waals surface area contributed by atoms with Gasteiger partial charge in [-0.3, -0.25) is 9.59 Å². The van der Waals surface area contributed by atoms with Crippen LogP contribution in [0.2, 0.25) is 0 Å². The number of carbonyl (C=O) groups is 4. The number of ether oxygens (including phenoxy) is 4. The van der Waals surface area contributed by atoms with Crippen molar-refractivity contribution in [2.24, 2.45) is 5.92 Å². The SMILES string of the molecule is CCOC(=O)N[C@@H](CCCC1C(=O)OC(C)(C)OC1=O)C(=O)OCc1ccccc1. The predicted octanol–water partition coefficient (Wildman–Crippen LogP) is 2.47. The van der Waals surface area contributed by atoms with Gasteiger partial charge in [-0.25, -0.2) is 9.59 Å². The molecule has 1 aromatic carbocycles. The number of alkyl carbamates (subject to hydrolysis) is 1. The molecular formula is C21H27NO8. The van der Waals surface area contributed by atoms with E-state index in [0.29, 0.717) is 0 Å². The molecule has 1 aliphatic rings. The van der Waals surface area contributed by atoms with Crippen LogP contribution in [0.15, 0.2) is 30.3 Å². The number of esters is 3. The van der Waals surface area contributed by atoms with Gasteiger partial charge in [-0.05, 0) is 31.7 Å². The fourth-order valence-corrected chi connectivity index (χ4v) is 2.90. The quantitative estimate of drug-likeness (QED) is 0.367. The van der Waals surface area contributed by atoms with E-state index in [0.717, 1.165) is 5.56 Å². The molecule has 0 saturated carbocycles. The van der Waals surface area contributed by atoms with Crippen LogP contribution in [0.4, 0.5) is 4.79 Å². The molecule has 0 aliphatic carbocycles. The van der Waals surface area contributed by atoms with Gasteiger partial charge in [-0.15, -0.1) is 0 Å². The van der Waals surface area contributed by atoms with Gasteiger partial charge in [-0.2, -0.15) is 0 Å². The maximum Gasteiger partial charge on any atom is 0.407 e. The summed E-state index contributed by atoms with van der Waals surface area (Å²) in [5, 5.41) is 2.46. The molecular weight excluding hydrogens is 394 g/mol. The summed E-state index contributed by atoms with van der Waals surface area (Å²) in [6.07, 6.45) is -0.224. The molecule has 0 unspecified atom stereocenters. The summed E-state index contributed by atoms with van der Waals surface area (Å²) in [6, 6.07) is 8.12. The Morgan fingerprint density at radius 1 is 1.10 bits per heavy atom. The summed E-state index contributed by atoms with van der Waals surface area (Å²) >= 11 is 0. The van der Waals surface area contributed by atoms with Crippen LogP contribution in [0.5, 0.6) is 0 Å². The zero-order valence-corrected chi connectivity index (χ0v) is 17.3. The number of carbonyl (C=O) groups excluding carboxylic acids is 4. The second-order valence-corrected chi connectivity index (χ2v) is 7.24. The fraction of sp³-hybridized carbons (Fsp3) is 0.524. The highest BCUT2D eigenvalue weighted by molar-refractivity contribution is 5.96. The molecule has 1 heterocycles. The van der Waals surface area contributed by atoms with E-state index in [2.05, 4.69) is 5.32 Å². The van der Waals surface area contributed by atoms with Crippen molar-refractivity contribution >= 4 is 24.0 Å². The van der Waals surface area contributed by atoms with Gasteiger partial charge in [0.2, 0.25) is 0 Å². The van der Waals surface area contributed by atoms with Gasteiger partial charge >= 0.3 is 24.0 Å². The number of cyclic esters (lactones) is 2. The van der Waals surface area contributed by atoms with E-state index in [4.69, 9.17) is 18.9 Å². The van der Waals surface area contributed by atoms with E-state index in [1.54, 1.807) is 6.92 Å².